The fourth-order valence-corrected chi connectivity index (χ4v) is 2.48. The third-order valence-corrected chi connectivity index (χ3v) is 3.79. The summed E-state index contributed by atoms with van der Waals surface area (Å²) in [5.41, 5.74) is 2.03. The molecule has 0 fully saturated rings. The number of fused-ring (bicyclic) bond motifs is 1. The number of aromatic amines is 2. The summed E-state index contributed by atoms with van der Waals surface area (Å²) in [5, 5.41) is 5.79. The van der Waals surface area contributed by atoms with Crippen molar-refractivity contribution in [2.45, 2.75) is 13.0 Å². The summed E-state index contributed by atoms with van der Waals surface area (Å²) in [5.74, 6) is -0.802. The lowest BCUT2D eigenvalue weighted by molar-refractivity contribution is -0.116. The molecule has 0 bridgehead atoms. The summed E-state index contributed by atoms with van der Waals surface area (Å²) >= 11 is 5.89. The normalized spacial score (nSPS) is 12.1. The summed E-state index contributed by atoms with van der Waals surface area (Å²) in [6.07, 6.45) is 0. The number of imidazole rings is 1. The van der Waals surface area contributed by atoms with Gasteiger partial charge in [-0.15, -0.1) is 0 Å². The zero-order chi connectivity index (χ0) is 17.3. The number of aromatic nitrogens is 2. The van der Waals surface area contributed by atoms with Gasteiger partial charge in [-0.25, -0.2) is 9.18 Å². The molecule has 1 aromatic heterocycles. The Morgan fingerprint density at radius 2 is 1.92 bits per heavy atom. The van der Waals surface area contributed by atoms with Crippen molar-refractivity contribution in [3.63, 3.8) is 0 Å². The van der Waals surface area contributed by atoms with Gasteiger partial charge in [-0.1, -0.05) is 11.6 Å². The van der Waals surface area contributed by atoms with Crippen molar-refractivity contribution in [2.24, 2.45) is 0 Å². The first-order valence-electron chi connectivity index (χ1n) is 7.17. The van der Waals surface area contributed by atoms with Crippen LogP contribution in [0.3, 0.4) is 0 Å². The second-order valence-electron chi connectivity index (χ2n) is 5.32. The van der Waals surface area contributed by atoms with E-state index in [1.54, 1.807) is 25.1 Å². The molecule has 4 N–H and O–H groups in total. The number of carbonyl (C=O) groups is 1. The summed E-state index contributed by atoms with van der Waals surface area (Å²) in [7, 11) is 0. The zero-order valence-electron chi connectivity index (χ0n) is 12.6. The number of rotatable bonds is 4. The van der Waals surface area contributed by atoms with Gasteiger partial charge in [0.05, 0.1) is 21.7 Å². The molecule has 0 saturated heterocycles. The maximum Gasteiger partial charge on any atom is 0.323 e. The highest BCUT2D eigenvalue weighted by Crippen LogP contribution is 2.23. The predicted octanol–water partition coefficient (Wildman–Crippen LogP) is 3.09. The molecule has 0 aliphatic carbocycles. The van der Waals surface area contributed by atoms with E-state index in [9.17, 15) is 14.0 Å². The second kappa shape index (κ2) is 6.37. The minimum Gasteiger partial charge on any atom is -0.374 e. The molecule has 0 aliphatic heterocycles. The molecule has 1 atom stereocenters. The molecule has 1 unspecified atom stereocenters. The first-order valence-corrected chi connectivity index (χ1v) is 7.54. The van der Waals surface area contributed by atoms with E-state index in [2.05, 4.69) is 20.6 Å². The van der Waals surface area contributed by atoms with Crippen LogP contribution in [-0.4, -0.2) is 21.9 Å². The van der Waals surface area contributed by atoms with Gasteiger partial charge < -0.3 is 20.6 Å². The topological polar surface area (TPSA) is 89.8 Å². The van der Waals surface area contributed by atoms with Crippen molar-refractivity contribution in [1.82, 2.24) is 9.97 Å². The molecule has 0 spiro atoms. The van der Waals surface area contributed by atoms with Crippen LogP contribution in [0.4, 0.5) is 15.8 Å². The molecule has 0 saturated carbocycles. The zero-order valence-corrected chi connectivity index (χ0v) is 13.4. The molecule has 1 amide bonds. The van der Waals surface area contributed by atoms with E-state index in [1.165, 1.54) is 12.1 Å². The lowest BCUT2D eigenvalue weighted by Crippen LogP contribution is -2.31. The molecule has 3 aromatic rings. The third-order valence-electron chi connectivity index (χ3n) is 3.48. The van der Waals surface area contributed by atoms with Gasteiger partial charge in [-0.05, 0) is 43.3 Å². The number of nitrogens with one attached hydrogen (secondary N) is 4. The average molecular weight is 349 g/mol. The van der Waals surface area contributed by atoms with E-state index in [-0.39, 0.29) is 16.6 Å². The molecule has 8 heteroatoms. The van der Waals surface area contributed by atoms with E-state index in [0.717, 1.165) is 6.07 Å². The van der Waals surface area contributed by atoms with E-state index in [1.807, 2.05) is 0 Å². The van der Waals surface area contributed by atoms with Crippen LogP contribution in [0.2, 0.25) is 5.02 Å². The minimum atomic E-state index is -0.575. The third kappa shape index (κ3) is 3.41. The summed E-state index contributed by atoms with van der Waals surface area (Å²) in [6.45, 7) is 1.68. The lowest BCUT2D eigenvalue weighted by atomic mass is 10.2. The molecule has 2 aromatic carbocycles. The van der Waals surface area contributed by atoms with Crippen molar-refractivity contribution in [1.29, 1.82) is 0 Å². The second-order valence-corrected chi connectivity index (χ2v) is 5.73. The largest absolute Gasteiger partial charge is 0.374 e. The summed E-state index contributed by atoms with van der Waals surface area (Å²) < 4.78 is 13.0. The van der Waals surface area contributed by atoms with E-state index >= 15 is 0 Å². The SMILES string of the molecule is CC(Nc1ccc2[nH]c(=O)[nH]c2c1)C(=O)Nc1ccc(F)cc1Cl. The molecule has 124 valence electrons. The molecule has 6 nitrogen and oxygen atoms in total. The Kier molecular flexibility index (Phi) is 4.26. The van der Waals surface area contributed by atoms with Crippen molar-refractivity contribution in [3.05, 3.63) is 57.7 Å². The van der Waals surface area contributed by atoms with E-state index < -0.39 is 11.9 Å². The van der Waals surface area contributed by atoms with Crippen molar-refractivity contribution in [2.75, 3.05) is 10.6 Å². The van der Waals surface area contributed by atoms with Crippen LogP contribution in [0.25, 0.3) is 11.0 Å². The molecule has 3 rings (SSSR count). The Morgan fingerprint density at radius 1 is 1.17 bits per heavy atom. The van der Waals surface area contributed by atoms with E-state index in [0.29, 0.717) is 22.4 Å². The lowest BCUT2D eigenvalue weighted by Gasteiger charge is -2.16. The smallest absolute Gasteiger partial charge is 0.323 e. The van der Waals surface area contributed by atoms with E-state index in [4.69, 9.17) is 11.6 Å². The standard InChI is InChI=1S/C16H14ClFN4O2/c1-8(15(23)20-12-4-2-9(18)6-11(12)17)19-10-3-5-13-14(7-10)22-16(24)21-13/h2-8,19H,1H3,(H,20,23)(H2,21,22,24). The van der Waals surface area contributed by atoms with Crippen LogP contribution in [0.5, 0.6) is 0 Å². The van der Waals surface area contributed by atoms with Gasteiger partial charge in [-0.3, -0.25) is 4.79 Å². The first-order chi connectivity index (χ1) is 11.4. The summed E-state index contributed by atoms with van der Waals surface area (Å²) in [6, 6.07) is 8.38. The number of hydrogen-bond acceptors (Lipinski definition) is 3. The molecular weight excluding hydrogens is 335 g/mol. The highest BCUT2D eigenvalue weighted by atomic mass is 35.5. The molecule has 0 aliphatic rings. The molecular formula is C16H14ClFN4O2. The van der Waals surface area contributed by atoms with Gasteiger partial charge in [0, 0.05) is 5.69 Å². The Labute approximate surface area is 141 Å². The average Bonchev–Trinajstić information content (AvgIpc) is 2.89. The number of H-pyrrole nitrogens is 2. The highest BCUT2D eigenvalue weighted by Gasteiger charge is 2.15. The van der Waals surface area contributed by atoms with Gasteiger partial charge in [0.2, 0.25) is 5.91 Å². The van der Waals surface area contributed by atoms with Gasteiger partial charge >= 0.3 is 5.69 Å². The van der Waals surface area contributed by atoms with Gasteiger partial charge in [-0.2, -0.15) is 0 Å². The number of anilines is 2. The Hall–Kier alpha value is -2.80. The first kappa shape index (κ1) is 16.1. The van der Waals surface area contributed by atoms with Crippen LogP contribution < -0.4 is 16.3 Å². The monoisotopic (exact) mass is 348 g/mol. The van der Waals surface area contributed by atoms with Crippen LogP contribution in [-0.2, 0) is 4.79 Å². The predicted molar refractivity (Wildman–Crippen MR) is 92.0 cm³/mol. The molecule has 0 radical (unpaired) electrons. The number of carbonyl (C=O) groups excluding carboxylic acids is 1. The summed E-state index contributed by atoms with van der Waals surface area (Å²) in [4.78, 5) is 28.8. The maximum absolute atomic E-state index is 13.0. The van der Waals surface area contributed by atoms with Crippen LogP contribution in [0.1, 0.15) is 6.92 Å². The number of halogens is 2. The number of hydrogen-bond donors (Lipinski definition) is 4. The van der Waals surface area contributed by atoms with Crippen LogP contribution in [0, 0.1) is 5.82 Å². The van der Waals surface area contributed by atoms with Crippen molar-refractivity contribution < 1.29 is 9.18 Å². The fourth-order valence-electron chi connectivity index (χ4n) is 2.27. The Morgan fingerprint density at radius 3 is 2.67 bits per heavy atom. The minimum absolute atomic E-state index is 0.127. The quantitative estimate of drug-likeness (QED) is 0.584. The Balaban J connectivity index is 1.71. The molecule has 1 heterocycles. The van der Waals surface area contributed by atoms with Crippen LogP contribution in [0.15, 0.2) is 41.2 Å². The highest BCUT2D eigenvalue weighted by molar-refractivity contribution is 6.33. The van der Waals surface area contributed by atoms with Gasteiger partial charge in [0.25, 0.3) is 0 Å². The van der Waals surface area contributed by atoms with Gasteiger partial charge in [0.1, 0.15) is 11.9 Å². The number of amides is 1. The molecule has 24 heavy (non-hydrogen) atoms. The fraction of sp³-hybridized carbons (Fsp3) is 0.125. The Bertz CT molecular complexity index is 966. The van der Waals surface area contributed by atoms with Crippen LogP contribution >= 0.6 is 11.6 Å². The number of benzene rings is 2. The van der Waals surface area contributed by atoms with Gasteiger partial charge in [0.15, 0.2) is 0 Å². The van der Waals surface area contributed by atoms with Crippen molar-refractivity contribution >= 4 is 39.9 Å². The maximum atomic E-state index is 13.0. The van der Waals surface area contributed by atoms with Crippen molar-refractivity contribution in [3.8, 4) is 0 Å².